The molecule has 0 aliphatic carbocycles. The summed E-state index contributed by atoms with van der Waals surface area (Å²) in [6.45, 7) is 7.92. The molecule has 1 aromatic carbocycles. The number of hydrogen-bond acceptors (Lipinski definition) is 3. The number of nitrogens with one attached hydrogen (secondary N) is 2. The Morgan fingerprint density at radius 1 is 1.27 bits per heavy atom. The zero-order chi connectivity index (χ0) is 19.2. The standard InChI is InChI=1S/C19H28ClN3O3/c1-4-26-18(25)23-11-9-14(10-12-23)22-17(24)21-13-19(2,3)15-7-5-6-8-16(15)20/h5-8,14H,4,9-13H2,1-3H3,(H2,21,22,24). The van der Waals surface area contributed by atoms with Crippen molar-refractivity contribution in [2.24, 2.45) is 0 Å². The van der Waals surface area contributed by atoms with Gasteiger partial charge in [0.05, 0.1) is 6.61 Å². The Kier molecular flexibility index (Phi) is 7.14. The number of benzene rings is 1. The number of ether oxygens (including phenoxy) is 1. The van der Waals surface area contributed by atoms with Gasteiger partial charge in [0.15, 0.2) is 0 Å². The molecule has 1 aromatic rings. The third-order valence-corrected chi connectivity index (χ3v) is 4.98. The molecule has 0 radical (unpaired) electrons. The lowest BCUT2D eigenvalue weighted by Gasteiger charge is -2.32. The highest BCUT2D eigenvalue weighted by molar-refractivity contribution is 6.31. The molecule has 1 heterocycles. The molecule has 0 aromatic heterocycles. The summed E-state index contributed by atoms with van der Waals surface area (Å²) in [7, 11) is 0. The number of carbonyl (C=O) groups excluding carboxylic acids is 2. The predicted molar refractivity (Wildman–Crippen MR) is 103 cm³/mol. The second kappa shape index (κ2) is 9.12. The predicted octanol–water partition coefficient (Wildman–Crippen LogP) is 3.54. The number of hydrogen-bond donors (Lipinski definition) is 2. The van der Waals surface area contributed by atoms with Gasteiger partial charge in [-0.15, -0.1) is 0 Å². The average Bonchev–Trinajstić information content (AvgIpc) is 2.61. The zero-order valence-corrected chi connectivity index (χ0v) is 16.4. The summed E-state index contributed by atoms with van der Waals surface area (Å²) in [5.74, 6) is 0. The SMILES string of the molecule is CCOC(=O)N1CCC(NC(=O)NCC(C)(C)c2ccccc2Cl)CC1. The third-order valence-electron chi connectivity index (χ3n) is 4.65. The first-order chi connectivity index (χ1) is 12.3. The molecule has 7 heteroatoms. The van der Waals surface area contributed by atoms with E-state index < -0.39 is 0 Å². The van der Waals surface area contributed by atoms with Crippen molar-refractivity contribution in [1.29, 1.82) is 0 Å². The second-order valence-electron chi connectivity index (χ2n) is 7.15. The highest BCUT2D eigenvalue weighted by atomic mass is 35.5. The van der Waals surface area contributed by atoms with Gasteiger partial charge in [-0.3, -0.25) is 0 Å². The van der Waals surface area contributed by atoms with E-state index in [0.29, 0.717) is 31.3 Å². The zero-order valence-electron chi connectivity index (χ0n) is 15.7. The van der Waals surface area contributed by atoms with Crippen LogP contribution in [0.4, 0.5) is 9.59 Å². The molecule has 0 saturated carbocycles. The lowest BCUT2D eigenvalue weighted by molar-refractivity contribution is 0.0957. The first kappa shape index (κ1) is 20.4. The number of likely N-dealkylation sites (tertiary alicyclic amines) is 1. The molecule has 1 fully saturated rings. The molecule has 0 unspecified atom stereocenters. The summed E-state index contributed by atoms with van der Waals surface area (Å²) in [5, 5.41) is 6.62. The molecule has 6 nitrogen and oxygen atoms in total. The lowest BCUT2D eigenvalue weighted by atomic mass is 9.84. The molecule has 1 aliphatic heterocycles. The summed E-state index contributed by atoms with van der Waals surface area (Å²) in [5.41, 5.74) is 0.730. The molecule has 26 heavy (non-hydrogen) atoms. The van der Waals surface area contributed by atoms with E-state index in [-0.39, 0.29) is 23.6 Å². The first-order valence-corrected chi connectivity index (χ1v) is 9.42. The van der Waals surface area contributed by atoms with Crippen molar-refractivity contribution < 1.29 is 14.3 Å². The highest BCUT2D eigenvalue weighted by Gasteiger charge is 2.26. The Hall–Kier alpha value is -1.95. The molecule has 144 valence electrons. The summed E-state index contributed by atoms with van der Waals surface area (Å²) in [6, 6.07) is 7.54. The monoisotopic (exact) mass is 381 g/mol. The van der Waals surface area contributed by atoms with Crippen molar-refractivity contribution in [2.75, 3.05) is 26.2 Å². The van der Waals surface area contributed by atoms with Crippen LogP contribution in [-0.4, -0.2) is 49.3 Å². The number of halogens is 1. The number of urea groups is 1. The van der Waals surface area contributed by atoms with Crippen molar-refractivity contribution in [2.45, 2.75) is 45.1 Å². The van der Waals surface area contributed by atoms with E-state index in [0.717, 1.165) is 18.4 Å². The highest BCUT2D eigenvalue weighted by Crippen LogP contribution is 2.28. The van der Waals surface area contributed by atoms with Crippen LogP contribution >= 0.6 is 11.6 Å². The molecule has 0 spiro atoms. The smallest absolute Gasteiger partial charge is 0.409 e. The summed E-state index contributed by atoms with van der Waals surface area (Å²) < 4.78 is 5.00. The number of amides is 3. The van der Waals surface area contributed by atoms with Gasteiger partial charge in [-0.2, -0.15) is 0 Å². The van der Waals surface area contributed by atoms with E-state index in [1.54, 1.807) is 11.8 Å². The fraction of sp³-hybridized carbons (Fsp3) is 0.579. The second-order valence-corrected chi connectivity index (χ2v) is 7.56. The van der Waals surface area contributed by atoms with E-state index in [1.165, 1.54) is 0 Å². The van der Waals surface area contributed by atoms with E-state index >= 15 is 0 Å². The summed E-state index contributed by atoms with van der Waals surface area (Å²) >= 11 is 6.27. The Morgan fingerprint density at radius 3 is 2.54 bits per heavy atom. The van der Waals surface area contributed by atoms with Crippen LogP contribution in [0.3, 0.4) is 0 Å². The van der Waals surface area contributed by atoms with E-state index in [4.69, 9.17) is 16.3 Å². The minimum absolute atomic E-state index is 0.0594. The third kappa shape index (κ3) is 5.53. The Morgan fingerprint density at radius 2 is 1.92 bits per heavy atom. The summed E-state index contributed by atoms with van der Waals surface area (Å²) in [6.07, 6.45) is 1.16. The van der Waals surface area contributed by atoms with Gasteiger partial charge >= 0.3 is 12.1 Å². The number of rotatable bonds is 5. The van der Waals surface area contributed by atoms with Gasteiger partial charge < -0.3 is 20.3 Å². The van der Waals surface area contributed by atoms with Gasteiger partial charge in [0, 0.05) is 36.1 Å². The van der Waals surface area contributed by atoms with Crippen molar-refractivity contribution in [3.05, 3.63) is 34.9 Å². The Balaban J connectivity index is 1.77. The van der Waals surface area contributed by atoms with Crippen LogP contribution in [0.1, 0.15) is 39.2 Å². The van der Waals surface area contributed by atoms with Gasteiger partial charge in [0.2, 0.25) is 0 Å². The van der Waals surface area contributed by atoms with Crippen molar-refractivity contribution >= 4 is 23.7 Å². The average molecular weight is 382 g/mol. The summed E-state index contributed by atoms with van der Waals surface area (Å²) in [4.78, 5) is 25.6. The molecular formula is C19H28ClN3O3. The van der Waals surface area contributed by atoms with Crippen LogP contribution in [0.5, 0.6) is 0 Å². The van der Waals surface area contributed by atoms with Gasteiger partial charge in [-0.25, -0.2) is 9.59 Å². The van der Waals surface area contributed by atoms with Crippen LogP contribution in [-0.2, 0) is 10.2 Å². The van der Waals surface area contributed by atoms with Crippen molar-refractivity contribution in [1.82, 2.24) is 15.5 Å². The number of piperidine rings is 1. The molecular weight excluding hydrogens is 354 g/mol. The van der Waals surface area contributed by atoms with Gasteiger partial charge in [-0.05, 0) is 31.4 Å². The molecule has 1 aliphatic rings. The maximum atomic E-state index is 12.2. The molecule has 3 amide bonds. The van der Waals surface area contributed by atoms with Crippen LogP contribution in [0.25, 0.3) is 0 Å². The van der Waals surface area contributed by atoms with Gasteiger partial charge in [0.1, 0.15) is 0 Å². The fourth-order valence-corrected chi connectivity index (χ4v) is 3.46. The largest absolute Gasteiger partial charge is 0.450 e. The van der Waals surface area contributed by atoms with Crippen LogP contribution < -0.4 is 10.6 Å². The van der Waals surface area contributed by atoms with E-state index in [1.807, 2.05) is 38.1 Å². The number of carbonyl (C=O) groups is 2. The van der Waals surface area contributed by atoms with Crippen molar-refractivity contribution in [3.63, 3.8) is 0 Å². The van der Waals surface area contributed by atoms with E-state index in [2.05, 4.69) is 10.6 Å². The molecule has 0 bridgehead atoms. The van der Waals surface area contributed by atoms with Crippen LogP contribution in [0.15, 0.2) is 24.3 Å². The lowest BCUT2D eigenvalue weighted by Crippen LogP contribution is -2.50. The molecule has 2 N–H and O–H groups in total. The Labute approximate surface area is 160 Å². The molecule has 0 atom stereocenters. The van der Waals surface area contributed by atoms with E-state index in [9.17, 15) is 9.59 Å². The quantitative estimate of drug-likeness (QED) is 0.819. The van der Waals surface area contributed by atoms with Crippen LogP contribution in [0.2, 0.25) is 5.02 Å². The maximum absolute atomic E-state index is 12.2. The fourth-order valence-electron chi connectivity index (χ4n) is 3.06. The Bertz CT molecular complexity index is 628. The van der Waals surface area contributed by atoms with Crippen LogP contribution in [0, 0.1) is 0 Å². The molecule has 1 saturated heterocycles. The minimum Gasteiger partial charge on any atom is -0.450 e. The normalized spacial score (nSPS) is 15.5. The molecule has 2 rings (SSSR count). The van der Waals surface area contributed by atoms with Gasteiger partial charge in [-0.1, -0.05) is 43.6 Å². The first-order valence-electron chi connectivity index (χ1n) is 9.04. The van der Waals surface area contributed by atoms with Gasteiger partial charge in [0.25, 0.3) is 0 Å². The maximum Gasteiger partial charge on any atom is 0.409 e. The minimum atomic E-state index is -0.281. The number of nitrogens with zero attached hydrogens (tertiary/aromatic N) is 1. The topological polar surface area (TPSA) is 70.7 Å². The van der Waals surface area contributed by atoms with Crippen molar-refractivity contribution in [3.8, 4) is 0 Å².